The van der Waals surface area contributed by atoms with E-state index in [-0.39, 0.29) is 11.8 Å². The molecule has 0 unspecified atom stereocenters. The Morgan fingerprint density at radius 1 is 1.03 bits per heavy atom. The lowest BCUT2D eigenvalue weighted by Crippen LogP contribution is -2.38. The number of ether oxygens (including phenoxy) is 1. The average molecular weight is 413 g/mol. The Labute approximate surface area is 180 Å². The van der Waals surface area contributed by atoms with Crippen LogP contribution in [-0.2, 0) is 0 Å². The lowest BCUT2D eigenvalue weighted by molar-refractivity contribution is 0.0711. The smallest absolute Gasteiger partial charge is 0.253 e. The number of benzene rings is 1. The van der Waals surface area contributed by atoms with Crippen molar-refractivity contribution in [2.45, 2.75) is 18.8 Å². The van der Waals surface area contributed by atoms with Gasteiger partial charge < -0.3 is 9.64 Å². The molecule has 31 heavy (non-hydrogen) atoms. The summed E-state index contributed by atoms with van der Waals surface area (Å²) in [5, 5.41) is 4.76. The van der Waals surface area contributed by atoms with Crippen LogP contribution < -0.4 is 4.74 Å². The van der Waals surface area contributed by atoms with Crippen LogP contribution in [0.15, 0.2) is 67.1 Å². The molecule has 0 atom stereocenters. The molecule has 1 saturated heterocycles. The second kappa shape index (κ2) is 8.18. The first kappa shape index (κ1) is 19.2. The molecular weight excluding hydrogens is 390 g/mol. The summed E-state index contributed by atoms with van der Waals surface area (Å²) in [7, 11) is 1.67. The van der Waals surface area contributed by atoms with Gasteiger partial charge in [0.1, 0.15) is 5.75 Å². The van der Waals surface area contributed by atoms with E-state index in [1.54, 1.807) is 31.6 Å². The predicted octanol–water partition coefficient (Wildman–Crippen LogP) is 3.82. The minimum Gasteiger partial charge on any atom is -0.497 e. The van der Waals surface area contributed by atoms with Crippen molar-refractivity contribution in [2.75, 3.05) is 20.2 Å². The van der Waals surface area contributed by atoms with E-state index < -0.39 is 0 Å². The number of pyridine rings is 2. The summed E-state index contributed by atoms with van der Waals surface area (Å²) in [5.74, 6) is 1.98. The summed E-state index contributed by atoms with van der Waals surface area (Å²) in [6.45, 7) is 1.41. The number of carbonyl (C=O) groups is 1. The Bertz CT molecular complexity index is 1210. The second-order valence-corrected chi connectivity index (χ2v) is 7.72. The maximum absolute atomic E-state index is 12.7. The van der Waals surface area contributed by atoms with Crippen molar-refractivity contribution in [1.82, 2.24) is 24.5 Å². The van der Waals surface area contributed by atoms with Crippen LogP contribution >= 0.6 is 0 Å². The maximum Gasteiger partial charge on any atom is 0.253 e. The summed E-state index contributed by atoms with van der Waals surface area (Å²) in [6, 6.07) is 15.5. The van der Waals surface area contributed by atoms with Crippen LogP contribution in [0.4, 0.5) is 0 Å². The van der Waals surface area contributed by atoms with Crippen LogP contribution in [0.5, 0.6) is 5.75 Å². The van der Waals surface area contributed by atoms with Crippen LogP contribution in [0.1, 0.15) is 34.9 Å². The first-order valence-corrected chi connectivity index (χ1v) is 10.4. The van der Waals surface area contributed by atoms with Gasteiger partial charge in [0, 0.05) is 48.7 Å². The number of aromatic nitrogens is 4. The number of carbonyl (C=O) groups excluding carboxylic acids is 1. The lowest BCUT2D eigenvalue weighted by atomic mass is 9.96. The molecule has 7 heteroatoms. The zero-order valence-corrected chi connectivity index (χ0v) is 17.3. The van der Waals surface area contributed by atoms with Gasteiger partial charge in [-0.1, -0.05) is 12.1 Å². The van der Waals surface area contributed by atoms with Crippen molar-refractivity contribution in [3.05, 3.63) is 78.5 Å². The summed E-state index contributed by atoms with van der Waals surface area (Å²) in [5.41, 5.74) is 3.64. The van der Waals surface area contributed by atoms with E-state index in [2.05, 4.69) is 17.1 Å². The molecule has 1 amide bonds. The zero-order chi connectivity index (χ0) is 21.2. The van der Waals surface area contributed by atoms with Crippen molar-refractivity contribution in [3.63, 3.8) is 0 Å². The molecule has 1 fully saturated rings. The lowest BCUT2D eigenvalue weighted by Gasteiger charge is -2.30. The number of nitrogens with zero attached hydrogens (tertiary/aromatic N) is 5. The van der Waals surface area contributed by atoms with Crippen LogP contribution in [-0.4, -0.2) is 50.6 Å². The van der Waals surface area contributed by atoms with Crippen LogP contribution in [0.25, 0.3) is 16.8 Å². The number of fused-ring (bicyclic) bond motifs is 1. The molecule has 5 rings (SSSR count). The molecule has 0 N–H and O–H groups in total. The third-order valence-corrected chi connectivity index (χ3v) is 5.83. The molecule has 3 aromatic heterocycles. The van der Waals surface area contributed by atoms with Crippen LogP contribution in [0.2, 0.25) is 0 Å². The van der Waals surface area contributed by atoms with E-state index >= 15 is 0 Å². The molecule has 1 aliphatic rings. The number of rotatable bonds is 4. The molecule has 0 spiro atoms. The molecule has 0 aliphatic carbocycles. The Hall–Kier alpha value is -3.74. The first-order valence-electron chi connectivity index (χ1n) is 10.4. The number of likely N-dealkylation sites (tertiary alicyclic amines) is 1. The van der Waals surface area contributed by atoms with Crippen molar-refractivity contribution in [1.29, 1.82) is 0 Å². The topological polar surface area (TPSA) is 72.6 Å². The van der Waals surface area contributed by atoms with E-state index in [4.69, 9.17) is 14.8 Å². The van der Waals surface area contributed by atoms with Crippen molar-refractivity contribution >= 4 is 11.6 Å². The van der Waals surface area contributed by atoms with Crippen LogP contribution in [0.3, 0.4) is 0 Å². The highest BCUT2D eigenvalue weighted by Crippen LogP contribution is 2.28. The molecule has 4 heterocycles. The molecule has 0 radical (unpaired) electrons. The quantitative estimate of drug-likeness (QED) is 0.509. The van der Waals surface area contributed by atoms with Gasteiger partial charge in [0.2, 0.25) is 0 Å². The number of methoxy groups -OCH3 is 1. The minimum absolute atomic E-state index is 0.0618. The van der Waals surface area contributed by atoms with Gasteiger partial charge in [-0.2, -0.15) is 5.10 Å². The second-order valence-electron chi connectivity index (χ2n) is 7.72. The Morgan fingerprint density at radius 2 is 1.84 bits per heavy atom. The number of amides is 1. The Morgan fingerprint density at radius 3 is 2.61 bits per heavy atom. The summed E-state index contributed by atoms with van der Waals surface area (Å²) >= 11 is 0. The van der Waals surface area contributed by atoms with E-state index in [1.165, 1.54) is 0 Å². The predicted molar refractivity (Wildman–Crippen MR) is 117 cm³/mol. The van der Waals surface area contributed by atoms with Gasteiger partial charge in [-0.25, -0.2) is 9.50 Å². The molecular formula is C24H23N5O2. The Balaban J connectivity index is 1.31. The van der Waals surface area contributed by atoms with Crippen molar-refractivity contribution < 1.29 is 9.53 Å². The normalized spacial score (nSPS) is 14.7. The molecule has 0 saturated carbocycles. The summed E-state index contributed by atoms with van der Waals surface area (Å²) in [6.07, 6.45) is 7.02. The monoisotopic (exact) mass is 413 g/mol. The Kier molecular flexibility index (Phi) is 5.08. The van der Waals surface area contributed by atoms with Gasteiger partial charge >= 0.3 is 0 Å². The molecule has 0 bridgehead atoms. The fourth-order valence-electron chi connectivity index (χ4n) is 4.06. The third-order valence-electron chi connectivity index (χ3n) is 5.83. The van der Waals surface area contributed by atoms with Gasteiger partial charge in [0.15, 0.2) is 11.5 Å². The first-order chi connectivity index (χ1) is 15.2. The number of hydrogen-bond acceptors (Lipinski definition) is 5. The van der Waals surface area contributed by atoms with Crippen LogP contribution in [0, 0.1) is 0 Å². The van der Waals surface area contributed by atoms with E-state index in [0.717, 1.165) is 41.2 Å². The van der Waals surface area contributed by atoms with Gasteiger partial charge in [0.25, 0.3) is 5.91 Å². The van der Waals surface area contributed by atoms with Crippen molar-refractivity contribution in [2.24, 2.45) is 0 Å². The largest absolute Gasteiger partial charge is 0.497 e. The number of hydrogen-bond donors (Lipinski definition) is 0. The zero-order valence-electron chi connectivity index (χ0n) is 17.3. The molecule has 7 nitrogen and oxygen atoms in total. The maximum atomic E-state index is 12.7. The third kappa shape index (κ3) is 3.86. The average Bonchev–Trinajstić information content (AvgIpc) is 3.28. The number of piperidine rings is 1. The molecule has 1 aliphatic heterocycles. The molecule has 1 aromatic carbocycles. The molecule has 4 aromatic rings. The highest BCUT2D eigenvalue weighted by atomic mass is 16.5. The van der Waals surface area contributed by atoms with Gasteiger partial charge in [0.05, 0.1) is 7.11 Å². The summed E-state index contributed by atoms with van der Waals surface area (Å²) in [4.78, 5) is 23.3. The van der Waals surface area contributed by atoms with Gasteiger partial charge in [-0.15, -0.1) is 0 Å². The molecule has 156 valence electrons. The van der Waals surface area contributed by atoms with Gasteiger partial charge in [-0.3, -0.25) is 9.78 Å². The SMILES string of the molecule is COc1cccc(-c2ccc3nc(C4CCN(C(=O)c5ccncc5)CC4)nn3c2)c1. The summed E-state index contributed by atoms with van der Waals surface area (Å²) < 4.78 is 7.18. The van der Waals surface area contributed by atoms with E-state index in [0.29, 0.717) is 18.7 Å². The van der Waals surface area contributed by atoms with Gasteiger partial charge in [-0.05, 0) is 54.8 Å². The highest BCUT2D eigenvalue weighted by molar-refractivity contribution is 5.94. The fourth-order valence-corrected chi connectivity index (χ4v) is 4.06. The minimum atomic E-state index is 0.0618. The van der Waals surface area contributed by atoms with E-state index in [9.17, 15) is 4.79 Å². The highest BCUT2D eigenvalue weighted by Gasteiger charge is 2.27. The standard InChI is InChI=1S/C24H23N5O2/c1-31-21-4-2-3-19(15-21)20-5-6-22-26-23(27-29(22)16-20)17-9-13-28(14-10-17)24(30)18-7-11-25-12-8-18/h2-8,11-12,15-17H,9-10,13-14H2,1H3. The van der Waals surface area contributed by atoms with E-state index in [1.807, 2.05) is 39.9 Å². The van der Waals surface area contributed by atoms with Crippen molar-refractivity contribution in [3.8, 4) is 16.9 Å². The fraction of sp³-hybridized carbons (Fsp3) is 0.250.